The van der Waals surface area contributed by atoms with Crippen LogP contribution in [-0.4, -0.2) is 36.2 Å². The van der Waals surface area contributed by atoms with Gasteiger partial charge in [0.2, 0.25) is 0 Å². The highest BCUT2D eigenvalue weighted by molar-refractivity contribution is 5.28. The zero-order chi connectivity index (χ0) is 15.8. The summed E-state index contributed by atoms with van der Waals surface area (Å²) >= 11 is 0. The molecular formula is C18H32N2O. The van der Waals surface area contributed by atoms with Gasteiger partial charge in [0.25, 0.3) is 0 Å². The van der Waals surface area contributed by atoms with Gasteiger partial charge in [0.05, 0.1) is 6.10 Å². The van der Waals surface area contributed by atoms with Gasteiger partial charge in [-0.15, -0.1) is 0 Å². The number of hydrogen-bond donors (Lipinski definition) is 1. The van der Waals surface area contributed by atoms with E-state index in [4.69, 9.17) is 4.74 Å². The van der Waals surface area contributed by atoms with Gasteiger partial charge in [-0.2, -0.15) is 0 Å². The highest BCUT2D eigenvalue weighted by Crippen LogP contribution is 2.14. The zero-order valence-electron chi connectivity index (χ0n) is 14.5. The number of hydrogen-bond acceptors (Lipinski definition) is 3. The monoisotopic (exact) mass is 292 g/mol. The molecule has 1 rings (SSSR count). The molecule has 0 amide bonds. The molecule has 120 valence electrons. The van der Waals surface area contributed by atoms with E-state index in [0.717, 1.165) is 25.4 Å². The SMILES string of the molecule is CC(C)Oc1cccc(CNCCN(C(C)C)C(C)C)c1. The Labute approximate surface area is 130 Å². The molecule has 0 fully saturated rings. The van der Waals surface area contributed by atoms with Gasteiger partial charge in [-0.05, 0) is 59.2 Å². The normalized spacial score (nSPS) is 11.9. The number of benzene rings is 1. The third-order valence-electron chi connectivity index (χ3n) is 3.47. The molecule has 0 unspecified atom stereocenters. The van der Waals surface area contributed by atoms with Crippen molar-refractivity contribution in [3.8, 4) is 5.75 Å². The van der Waals surface area contributed by atoms with E-state index in [1.54, 1.807) is 0 Å². The summed E-state index contributed by atoms with van der Waals surface area (Å²) in [5, 5.41) is 3.53. The topological polar surface area (TPSA) is 24.5 Å². The second kappa shape index (κ2) is 9.06. The van der Waals surface area contributed by atoms with Crippen LogP contribution in [0, 0.1) is 0 Å². The van der Waals surface area contributed by atoms with Crippen LogP contribution in [0.3, 0.4) is 0 Å². The minimum absolute atomic E-state index is 0.221. The summed E-state index contributed by atoms with van der Waals surface area (Å²) in [5.74, 6) is 0.954. The van der Waals surface area contributed by atoms with Crippen molar-refractivity contribution in [1.29, 1.82) is 0 Å². The van der Waals surface area contributed by atoms with Crippen LogP contribution in [0.15, 0.2) is 24.3 Å². The van der Waals surface area contributed by atoms with Crippen molar-refractivity contribution in [3.63, 3.8) is 0 Å². The first kappa shape index (κ1) is 18.0. The molecule has 21 heavy (non-hydrogen) atoms. The lowest BCUT2D eigenvalue weighted by atomic mass is 10.2. The average Bonchev–Trinajstić information content (AvgIpc) is 2.37. The highest BCUT2D eigenvalue weighted by atomic mass is 16.5. The van der Waals surface area contributed by atoms with Crippen LogP contribution in [0.1, 0.15) is 47.1 Å². The van der Waals surface area contributed by atoms with Crippen LogP contribution >= 0.6 is 0 Å². The van der Waals surface area contributed by atoms with Crippen molar-refractivity contribution < 1.29 is 4.74 Å². The Hall–Kier alpha value is -1.06. The smallest absolute Gasteiger partial charge is 0.120 e. The second-order valence-electron chi connectivity index (χ2n) is 6.42. The fourth-order valence-electron chi connectivity index (χ4n) is 2.55. The predicted molar refractivity (Wildman–Crippen MR) is 90.9 cm³/mol. The van der Waals surface area contributed by atoms with Gasteiger partial charge in [0.15, 0.2) is 0 Å². The lowest BCUT2D eigenvalue weighted by Gasteiger charge is -2.30. The van der Waals surface area contributed by atoms with E-state index < -0.39 is 0 Å². The summed E-state index contributed by atoms with van der Waals surface area (Å²) in [7, 11) is 0. The van der Waals surface area contributed by atoms with E-state index in [2.05, 4.69) is 70.0 Å². The van der Waals surface area contributed by atoms with Crippen LogP contribution in [-0.2, 0) is 6.54 Å². The average molecular weight is 292 g/mol. The maximum absolute atomic E-state index is 5.73. The van der Waals surface area contributed by atoms with E-state index >= 15 is 0 Å². The first-order valence-corrected chi connectivity index (χ1v) is 8.12. The second-order valence-corrected chi connectivity index (χ2v) is 6.42. The molecule has 0 bridgehead atoms. The first-order valence-electron chi connectivity index (χ1n) is 8.12. The van der Waals surface area contributed by atoms with Crippen molar-refractivity contribution in [2.45, 2.75) is 66.3 Å². The Balaban J connectivity index is 2.38. The van der Waals surface area contributed by atoms with Crippen molar-refractivity contribution in [3.05, 3.63) is 29.8 Å². The summed E-state index contributed by atoms with van der Waals surface area (Å²) in [4.78, 5) is 2.51. The van der Waals surface area contributed by atoms with Crippen molar-refractivity contribution in [2.24, 2.45) is 0 Å². The van der Waals surface area contributed by atoms with Gasteiger partial charge in [-0.3, -0.25) is 4.90 Å². The quantitative estimate of drug-likeness (QED) is 0.703. The lowest BCUT2D eigenvalue weighted by molar-refractivity contribution is 0.176. The minimum atomic E-state index is 0.221. The fourth-order valence-corrected chi connectivity index (χ4v) is 2.55. The molecule has 0 spiro atoms. The number of nitrogens with one attached hydrogen (secondary N) is 1. The molecule has 3 heteroatoms. The van der Waals surface area contributed by atoms with Gasteiger partial charge < -0.3 is 10.1 Å². The molecule has 0 radical (unpaired) electrons. The molecule has 0 atom stereocenters. The first-order chi connectivity index (χ1) is 9.90. The molecule has 0 aliphatic carbocycles. The maximum Gasteiger partial charge on any atom is 0.120 e. The van der Waals surface area contributed by atoms with E-state index in [9.17, 15) is 0 Å². The Morgan fingerprint density at radius 1 is 1.05 bits per heavy atom. The molecule has 0 saturated carbocycles. The van der Waals surface area contributed by atoms with Gasteiger partial charge in [0, 0.05) is 31.7 Å². The van der Waals surface area contributed by atoms with E-state index in [-0.39, 0.29) is 6.10 Å². The van der Waals surface area contributed by atoms with Crippen LogP contribution in [0.2, 0.25) is 0 Å². The molecule has 0 aliphatic rings. The molecule has 0 saturated heterocycles. The molecule has 3 nitrogen and oxygen atoms in total. The van der Waals surface area contributed by atoms with E-state index in [1.807, 2.05) is 6.07 Å². The number of ether oxygens (including phenoxy) is 1. The van der Waals surface area contributed by atoms with Gasteiger partial charge in [0.1, 0.15) is 5.75 Å². The Bertz CT molecular complexity index is 394. The Morgan fingerprint density at radius 3 is 2.29 bits per heavy atom. The van der Waals surface area contributed by atoms with Crippen molar-refractivity contribution in [2.75, 3.05) is 13.1 Å². The molecule has 1 N–H and O–H groups in total. The Morgan fingerprint density at radius 2 is 1.71 bits per heavy atom. The standard InChI is InChI=1S/C18H32N2O/c1-14(2)20(15(3)4)11-10-19-13-17-8-7-9-18(12-17)21-16(5)6/h7-9,12,14-16,19H,10-11,13H2,1-6H3. The van der Waals surface area contributed by atoms with Gasteiger partial charge in [-0.1, -0.05) is 12.1 Å². The largest absolute Gasteiger partial charge is 0.491 e. The Kier molecular flexibility index (Phi) is 7.76. The fraction of sp³-hybridized carbons (Fsp3) is 0.667. The highest BCUT2D eigenvalue weighted by Gasteiger charge is 2.12. The summed E-state index contributed by atoms with van der Waals surface area (Å²) in [6, 6.07) is 9.52. The van der Waals surface area contributed by atoms with Crippen LogP contribution in [0.4, 0.5) is 0 Å². The summed E-state index contributed by atoms with van der Waals surface area (Å²) in [6.45, 7) is 16.1. The summed E-state index contributed by atoms with van der Waals surface area (Å²) in [6.07, 6.45) is 0.221. The third kappa shape index (κ3) is 6.96. The van der Waals surface area contributed by atoms with Gasteiger partial charge in [-0.25, -0.2) is 0 Å². The van der Waals surface area contributed by atoms with Crippen molar-refractivity contribution >= 4 is 0 Å². The molecule has 1 aromatic carbocycles. The van der Waals surface area contributed by atoms with E-state index in [1.165, 1.54) is 5.56 Å². The van der Waals surface area contributed by atoms with E-state index in [0.29, 0.717) is 12.1 Å². The zero-order valence-corrected chi connectivity index (χ0v) is 14.5. The molecule has 0 aliphatic heterocycles. The lowest BCUT2D eigenvalue weighted by Crippen LogP contribution is -2.41. The number of nitrogens with zero attached hydrogens (tertiary/aromatic N) is 1. The van der Waals surface area contributed by atoms with Crippen LogP contribution in [0.5, 0.6) is 5.75 Å². The van der Waals surface area contributed by atoms with Gasteiger partial charge >= 0.3 is 0 Å². The summed E-state index contributed by atoms with van der Waals surface area (Å²) in [5.41, 5.74) is 1.27. The van der Waals surface area contributed by atoms with Crippen LogP contribution in [0.25, 0.3) is 0 Å². The maximum atomic E-state index is 5.73. The predicted octanol–water partition coefficient (Wildman–Crippen LogP) is 3.68. The molecular weight excluding hydrogens is 260 g/mol. The minimum Gasteiger partial charge on any atom is -0.491 e. The summed E-state index contributed by atoms with van der Waals surface area (Å²) < 4.78 is 5.73. The molecule has 0 aromatic heterocycles. The molecule has 0 heterocycles. The van der Waals surface area contributed by atoms with Crippen LogP contribution < -0.4 is 10.1 Å². The van der Waals surface area contributed by atoms with Crippen molar-refractivity contribution in [1.82, 2.24) is 10.2 Å². The third-order valence-corrected chi connectivity index (χ3v) is 3.47. The molecule has 1 aromatic rings. The number of rotatable bonds is 9.